The maximum Gasteiger partial charge on any atom is 0.0897 e. The minimum Gasteiger partial charge on any atom is -0.265 e. The third-order valence-electron chi connectivity index (χ3n) is 2.11. The molecule has 2 nitrogen and oxygen atoms in total. The smallest absolute Gasteiger partial charge is 0.0897 e. The van der Waals surface area contributed by atoms with Crippen molar-refractivity contribution in [3.63, 3.8) is 0 Å². The molecule has 0 saturated heterocycles. The molecule has 1 unspecified atom stereocenters. The average molecular weight is 283 g/mol. The first-order valence-corrected chi connectivity index (χ1v) is 6.44. The summed E-state index contributed by atoms with van der Waals surface area (Å²) in [4.78, 5) is 9.89. The summed E-state index contributed by atoms with van der Waals surface area (Å²) in [7, 11) is 0. The van der Waals surface area contributed by atoms with Crippen LogP contribution in [-0.4, -0.2) is 9.97 Å². The van der Waals surface area contributed by atoms with E-state index in [1.54, 1.807) is 11.3 Å². The van der Waals surface area contributed by atoms with Crippen molar-refractivity contribution in [2.45, 2.75) is 18.2 Å². The molecule has 0 saturated carbocycles. The molecule has 0 aliphatic carbocycles. The highest BCUT2D eigenvalue weighted by Crippen LogP contribution is 2.30. The quantitative estimate of drug-likeness (QED) is 0.805. The Labute approximate surface area is 102 Å². The third kappa shape index (κ3) is 2.86. The number of nitrogens with zero attached hydrogens (tertiary/aromatic N) is 2. The molecule has 0 spiro atoms. The van der Waals surface area contributed by atoms with Crippen molar-refractivity contribution in [2.75, 3.05) is 0 Å². The van der Waals surface area contributed by atoms with Crippen LogP contribution in [-0.2, 0) is 6.42 Å². The van der Waals surface area contributed by atoms with Gasteiger partial charge in [-0.25, -0.2) is 4.98 Å². The van der Waals surface area contributed by atoms with Gasteiger partial charge in [0, 0.05) is 23.5 Å². The molecule has 1 atom stereocenters. The highest BCUT2D eigenvalue weighted by molar-refractivity contribution is 9.09. The standard InChI is InChI=1S/C11H11BrN2S/c1-8-14-7-11(15-8)10(12)6-9-2-4-13-5-3-9/h2-5,7,10H,6H2,1H3. The molecule has 4 heteroatoms. The van der Waals surface area contributed by atoms with E-state index in [0.29, 0.717) is 4.83 Å². The van der Waals surface area contributed by atoms with E-state index in [4.69, 9.17) is 0 Å². The van der Waals surface area contributed by atoms with Gasteiger partial charge in [-0.2, -0.15) is 0 Å². The number of rotatable bonds is 3. The number of thiazole rings is 1. The molecule has 2 aromatic heterocycles. The molecule has 0 fully saturated rings. The number of aromatic nitrogens is 2. The Kier molecular flexibility index (Phi) is 3.49. The second-order valence-electron chi connectivity index (χ2n) is 3.31. The van der Waals surface area contributed by atoms with Crippen molar-refractivity contribution < 1.29 is 0 Å². The van der Waals surface area contributed by atoms with Gasteiger partial charge in [0.2, 0.25) is 0 Å². The average Bonchev–Trinajstić information content (AvgIpc) is 2.66. The normalized spacial score (nSPS) is 12.7. The fraction of sp³-hybridized carbons (Fsp3) is 0.273. The minimum absolute atomic E-state index is 0.353. The van der Waals surface area contributed by atoms with Gasteiger partial charge in [-0.1, -0.05) is 15.9 Å². The van der Waals surface area contributed by atoms with E-state index in [1.165, 1.54) is 10.4 Å². The molecule has 0 bridgehead atoms. The summed E-state index contributed by atoms with van der Waals surface area (Å²) in [5.74, 6) is 0. The van der Waals surface area contributed by atoms with Gasteiger partial charge in [0.1, 0.15) is 0 Å². The molecule has 15 heavy (non-hydrogen) atoms. The van der Waals surface area contributed by atoms with Crippen LogP contribution in [0.15, 0.2) is 30.7 Å². The minimum atomic E-state index is 0.353. The number of hydrogen-bond donors (Lipinski definition) is 0. The number of hydrogen-bond acceptors (Lipinski definition) is 3. The first-order chi connectivity index (χ1) is 7.25. The molecular formula is C11H11BrN2S. The lowest BCUT2D eigenvalue weighted by molar-refractivity contribution is 0.959. The molecule has 2 aromatic rings. The van der Waals surface area contributed by atoms with Crippen LogP contribution >= 0.6 is 27.3 Å². The zero-order valence-corrected chi connectivity index (χ0v) is 10.8. The van der Waals surface area contributed by atoms with E-state index in [0.717, 1.165) is 11.4 Å². The first kappa shape index (κ1) is 10.8. The number of pyridine rings is 1. The zero-order valence-electron chi connectivity index (χ0n) is 8.35. The Bertz CT molecular complexity index is 427. The summed E-state index contributed by atoms with van der Waals surface area (Å²) in [6, 6.07) is 4.09. The number of halogens is 1. The van der Waals surface area contributed by atoms with E-state index < -0.39 is 0 Å². The van der Waals surface area contributed by atoms with E-state index in [1.807, 2.05) is 37.6 Å². The SMILES string of the molecule is Cc1ncc(C(Br)Cc2ccncc2)s1. The summed E-state index contributed by atoms with van der Waals surface area (Å²) < 4.78 is 0. The molecule has 0 amide bonds. The van der Waals surface area contributed by atoms with Crippen molar-refractivity contribution in [1.82, 2.24) is 9.97 Å². The fourth-order valence-corrected chi connectivity index (χ4v) is 2.88. The predicted molar refractivity (Wildman–Crippen MR) is 66.5 cm³/mol. The molecule has 0 aromatic carbocycles. The van der Waals surface area contributed by atoms with E-state index >= 15 is 0 Å². The van der Waals surface area contributed by atoms with Gasteiger partial charge in [-0.3, -0.25) is 4.98 Å². The van der Waals surface area contributed by atoms with Gasteiger partial charge >= 0.3 is 0 Å². The van der Waals surface area contributed by atoms with Crippen molar-refractivity contribution in [3.05, 3.63) is 46.2 Å². The Morgan fingerprint density at radius 3 is 2.73 bits per heavy atom. The highest BCUT2D eigenvalue weighted by Gasteiger charge is 2.10. The molecule has 0 aliphatic rings. The lowest BCUT2D eigenvalue weighted by Gasteiger charge is -2.06. The summed E-state index contributed by atoms with van der Waals surface area (Å²) >= 11 is 5.43. The van der Waals surface area contributed by atoms with E-state index in [2.05, 4.69) is 25.9 Å². The molecule has 0 aliphatic heterocycles. The van der Waals surface area contributed by atoms with Crippen LogP contribution < -0.4 is 0 Å². The van der Waals surface area contributed by atoms with Gasteiger partial charge in [0.15, 0.2) is 0 Å². The van der Waals surface area contributed by atoms with Crippen LogP contribution in [0.4, 0.5) is 0 Å². The van der Waals surface area contributed by atoms with Gasteiger partial charge in [-0.15, -0.1) is 11.3 Å². The second kappa shape index (κ2) is 4.86. The third-order valence-corrected chi connectivity index (χ3v) is 4.26. The lowest BCUT2D eigenvalue weighted by atomic mass is 10.1. The summed E-state index contributed by atoms with van der Waals surface area (Å²) in [5, 5.41) is 1.11. The molecule has 0 radical (unpaired) electrons. The van der Waals surface area contributed by atoms with Gasteiger partial charge in [0.05, 0.1) is 9.83 Å². The van der Waals surface area contributed by atoms with Crippen LogP contribution in [0.25, 0.3) is 0 Å². The molecular weight excluding hydrogens is 272 g/mol. The Morgan fingerprint density at radius 1 is 1.40 bits per heavy atom. The van der Waals surface area contributed by atoms with Crippen LogP contribution in [0.2, 0.25) is 0 Å². The van der Waals surface area contributed by atoms with Crippen LogP contribution in [0.3, 0.4) is 0 Å². The summed E-state index contributed by atoms with van der Waals surface area (Å²) in [6.45, 7) is 2.03. The van der Waals surface area contributed by atoms with Gasteiger partial charge in [-0.05, 0) is 31.0 Å². The van der Waals surface area contributed by atoms with Gasteiger partial charge in [0.25, 0.3) is 0 Å². The molecule has 78 valence electrons. The first-order valence-electron chi connectivity index (χ1n) is 4.71. The van der Waals surface area contributed by atoms with Crippen LogP contribution in [0.5, 0.6) is 0 Å². The highest BCUT2D eigenvalue weighted by atomic mass is 79.9. The Hall–Kier alpha value is -0.740. The second-order valence-corrected chi connectivity index (χ2v) is 5.68. The summed E-state index contributed by atoms with van der Waals surface area (Å²) in [5.41, 5.74) is 1.29. The van der Waals surface area contributed by atoms with Crippen LogP contribution in [0.1, 0.15) is 20.3 Å². The largest absolute Gasteiger partial charge is 0.265 e. The summed E-state index contributed by atoms with van der Waals surface area (Å²) in [6.07, 6.45) is 6.57. The monoisotopic (exact) mass is 282 g/mol. The topological polar surface area (TPSA) is 25.8 Å². The lowest BCUT2D eigenvalue weighted by Crippen LogP contribution is -1.92. The van der Waals surface area contributed by atoms with Crippen molar-refractivity contribution >= 4 is 27.3 Å². The number of aryl methyl sites for hydroxylation is 1. The maximum absolute atomic E-state index is 4.26. The van der Waals surface area contributed by atoms with E-state index in [9.17, 15) is 0 Å². The Morgan fingerprint density at radius 2 is 2.13 bits per heavy atom. The number of alkyl halides is 1. The van der Waals surface area contributed by atoms with Gasteiger partial charge < -0.3 is 0 Å². The van der Waals surface area contributed by atoms with Crippen molar-refractivity contribution in [2.24, 2.45) is 0 Å². The predicted octanol–water partition coefficient (Wildman–Crippen LogP) is 3.53. The Balaban J connectivity index is 2.07. The molecule has 2 rings (SSSR count). The van der Waals surface area contributed by atoms with Crippen molar-refractivity contribution in [3.8, 4) is 0 Å². The zero-order chi connectivity index (χ0) is 10.7. The van der Waals surface area contributed by atoms with E-state index in [-0.39, 0.29) is 0 Å². The van der Waals surface area contributed by atoms with Crippen molar-refractivity contribution in [1.29, 1.82) is 0 Å². The molecule has 2 heterocycles. The maximum atomic E-state index is 4.26. The molecule has 0 N–H and O–H groups in total. The fourth-order valence-electron chi connectivity index (χ4n) is 1.35. The van der Waals surface area contributed by atoms with Crippen LogP contribution in [0, 0.1) is 6.92 Å².